The number of hydrogen-bond acceptors (Lipinski definition) is 3. The molecule has 1 rings (SSSR count). The van der Waals surface area contributed by atoms with Crippen molar-refractivity contribution in [2.45, 2.75) is 53.0 Å². The first kappa shape index (κ1) is 15.5. The molecule has 0 radical (unpaired) electrons. The van der Waals surface area contributed by atoms with Crippen molar-refractivity contribution in [1.82, 2.24) is 9.88 Å². The van der Waals surface area contributed by atoms with Crippen molar-refractivity contribution < 1.29 is 4.79 Å². The van der Waals surface area contributed by atoms with Crippen LogP contribution < -0.4 is 5.73 Å². The summed E-state index contributed by atoms with van der Waals surface area (Å²) in [6, 6.07) is 3.73. The number of rotatable bonds is 6. The van der Waals surface area contributed by atoms with Crippen LogP contribution in [0.15, 0.2) is 12.1 Å². The summed E-state index contributed by atoms with van der Waals surface area (Å²) < 4.78 is 0. The molecule has 0 saturated carbocycles. The van der Waals surface area contributed by atoms with Crippen LogP contribution in [0.1, 0.15) is 56.6 Å². The molecule has 0 unspecified atom stereocenters. The number of anilines is 1. The molecule has 0 aliphatic rings. The molecule has 0 aliphatic carbocycles. The molecule has 0 aromatic carbocycles. The first-order valence-electron chi connectivity index (χ1n) is 7.07. The van der Waals surface area contributed by atoms with Gasteiger partial charge in [-0.05, 0) is 38.8 Å². The van der Waals surface area contributed by atoms with Crippen LogP contribution in [-0.2, 0) is 6.42 Å². The molecule has 1 aromatic rings. The maximum atomic E-state index is 12.5. The Bertz CT molecular complexity index is 429. The van der Waals surface area contributed by atoms with Crippen LogP contribution in [0.5, 0.6) is 0 Å². The van der Waals surface area contributed by atoms with Crippen molar-refractivity contribution in [2.24, 2.45) is 0 Å². The molecule has 0 bridgehead atoms. The fourth-order valence-electron chi connectivity index (χ4n) is 2.12. The number of aryl methyl sites for hydroxylation is 1. The van der Waals surface area contributed by atoms with E-state index in [9.17, 15) is 4.79 Å². The Morgan fingerprint density at radius 1 is 1.32 bits per heavy atom. The lowest BCUT2D eigenvalue weighted by molar-refractivity contribution is 0.0705. The Hall–Kier alpha value is -1.58. The lowest BCUT2D eigenvalue weighted by Gasteiger charge is -2.26. The van der Waals surface area contributed by atoms with Crippen molar-refractivity contribution in [3.63, 3.8) is 0 Å². The van der Waals surface area contributed by atoms with Gasteiger partial charge < -0.3 is 10.6 Å². The molecule has 0 aliphatic heterocycles. The molecule has 0 saturated heterocycles. The van der Waals surface area contributed by atoms with E-state index in [0.717, 1.165) is 31.5 Å². The minimum Gasteiger partial charge on any atom is -0.384 e. The highest BCUT2D eigenvalue weighted by atomic mass is 16.2. The summed E-state index contributed by atoms with van der Waals surface area (Å²) in [5.41, 5.74) is 7.34. The molecule has 0 fully saturated rings. The maximum absolute atomic E-state index is 12.5. The maximum Gasteiger partial charge on any atom is 0.254 e. The topological polar surface area (TPSA) is 59.2 Å². The highest BCUT2D eigenvalue weighted by Gasteiger charge is 2.18. The first-order chi connectivity index (χ1) is 8.99. The van der Waals surface area contributed by atoms with Gasteiger partial charge in [0.05, 0.1) is 0 Å². The third kappa shape index (κ3) is 4.23. The van der Waals surface area contributed by atoms with Crippen LogP contribution in [0.3, 0.4) is 0 Å². The van der Waals surface area contributed by atoms with Crippen LogP contribution in [0, 0.1) is 0 Å². The number of aromatic nitrogens is 1. The van der Waals surface area contributed by atoms with Crippen LogP contribution in [0.25, 0.3) is 0 Å². The van der Waals surface area contributed by atoms with E-state index >= 15 is 0 Å². The predicted molar refractivity (Wildman–Crippen MR) is 79.1 cm³/mol. The van der Waals surface area contributed by atoms with E-state index in [-0.39, 0.29) is 11.9 Å². The average Bonchev–Trinajstić information content (AvgIpc) is 2.34. The van der Waals surface area contributed by atoms with Crippen LogP contribution in [0.4, 0.5) is 5.82 Å². The monoisotopic (exact) mass is 263 g/mol. The second-order valence-electron chi connectivity index (χ2n) is 5.11. The quantitative estimate of drug-likeness (QED) is 0.858. The van der Waals surface area contributed by atoms with Crippen molar-refractivity contribution in [1.29, 1.82) is 0 Å². The molecule has 19 heavy (non-hydrogen) atoms. The summed E-state index contributed by atoms with van der Waals surface area (Å²) in [7, 11) is 0. The molecular formula is C15H25N3O. The zero-order valence-electron chi connectivity index (χ0n) is 12.4. The fourth-order valence-corrected chi connectivity index (χ4v) is 2.12. The summed E-state index contributed by atoms with van der Waals surface area (Å²) in [4.78, 5) is 18.7. The van der Waals surface area contributed by atoms with Crippen LogP contribution >= 0.6 is 0 Å². The van der Waals surface area contributed by atoms with E-state index in [2.05, 4.69) is 18.8 Å². The molecule has 1 aromatic heterocycles. The van der Waals surface area contributed by atoms with Crippen LogP contribution in [-0.4, -0.2) is 28.4 Å². The van der Waals surface area contributed by atoms with Crippen LogP contribution in [0.2, 0.25) is 0 Å². The summed E-state index contributed by atoms with van der Waals surface area (Å²) in [5.74, 6) is 0.470. The summed E-state index contributed by atoms with van der Waals surface area (Å²) in [5, 5.41) is 0. The van der Waals surface area contributed by atoms with Gasteiger partial charge >= 0.3 is 0 Å². The molecule has 0 spiro atoms. The summed E-state index contributed by atoms with van der Waals surface area (Å²) in [6.07, 6.45) is 2.79. The zero-order chi connectivity index (χ0) is 14.4. The minimum absolute atomic E-state index is 0.0447. The fraction of sp³-hybridized carbons (Fsp3) is 0.600. The number of nitrogens with two attached hydrogens (primary N) is 1. The van der Waals surface area contributed by atoms with Crippen molar-refractivity contribution in [3.05, 3.63) is 23.4 Å². The zero-order valence-corrected chi connectivity index (χ0v) is 12.4. The molecule has 4 nitrogen and oxygen atoms in total. The van der Waals surface area contributed by atoms with E-state index in [4.69, 9.17) is 5.73 Å². The lowest BCUT2D eigenvalue weighted by atomic mass is 10.1. The molecule has 1 amide bonds. The second kappa shape index (κ2) is 7.12. The normalized spacial score (nSPS) is 10.8. The smallest absolute Gasteiger partial charge is 0.254 e. The molecule has 4 heteroatoms. The highest BCUT2D eigenvalue weighted by molar-refractivity contribution is 5.95. The second-order valence-corrected chi connectivity index (χ2v) is 5.11. The molecule has 106 valence electrons. The Kier molecular flexibility index (Phi) is 5.80. The Balaban J connectivity index is 3.03. The van der Waals surface area contributed by atoms with Crippen molar-refractivity contribution in [3.8, 4) is 0 Å². The van der Waals surface area contributed by atoms with Gasteiger partial charge in [-0.2, -0.15) is 0 Å². The largest absolute Gasteiger partial charge is 0.384 e. The Morgan fingerprint density at radius 3 is 2.53 bits per heavy atom. The van der Waals surface area contributed by atoms with Gasteiger partial charge in [-0.1, -0.05) is 20.3 Å². The number of nitrogens with zero attached hydrogens (tertiary/aromatic N) is 2. The number of pyridine rings is 1. The summed E-state index contributed by atoms with van der Waals surface area (Å²) >= 11 is 0. The third-order valence-corrected chi connectivity index (χ3v) is 3.00. The number of carbonyl (C=O) groups excluding carboxylic acids is 1. The van der Waals surface area contributed by atoms with Gasteiger partial charge in [0.2, 0.25) is 0 Å². The minimum atomic E-state index is 0.0447. The van der Waals surface area contributed by atoms with E-state index in [0.29, 0.717) is 11.4 Å². The van der Waals surface area contributed by atoms with E-state index < -0.39 is 0 Å². The number of nitrogen functional groups attached to an aromatic ring is 1. The molecular weight excluding hydrogens is 238 g/mol. The van der Waals surface area contributed by atoms with Gasteiger partial charge in [0.15, 0.2) is 0 Å². The van der Waals surface area contributed by atoms with Gasteiger partial charge in [0.1, 0.15) is 5.82 Å². The predicted octanol–water partition coefficient (Wildman–Crippen LogP) is 2.88. The van der Waals surface area contributed by atoms with Gasteiger partial charge in [-0.15, -0.1) is 0 Å². The summed E-state index contributed by atoms with van der Waals surface area (Å²) in [6.45, 7) is 8.99. The molecule has 1 heterocycles. The van der Waals surface area contributed by atoms with E-state index in [1.165, 1.54) is 0 Å². The first-order valence-corrected chi connectivity index (χ1v) is 7.07. The van der Waals surface area contributed by atoms with Gasteiger partial charge in [0.25, 0.3) is 5.91 Å². The SMILES string of the molecule is CCCc1cc(C(=O)N(CCC)C(C)C)cc(N)n1. The standard InChI is InChI=1S/C15H25N3O/c1-5-7-13-9-12(10-14(16)17-13)15(19)18(8-6-2)11(3)4/h9-11H,5-8H2,1-4H3,(H2,16,17). The van der Waals surface area contributed by atoms with Gasteiger partial charge in [0, 0.05) is 23.8 Å². The molecule has 2 N–H and O–H groups in total. The van der Waals surface area contributed by atoms with E-state index in [1.54, 1.807) is 6.07 Å². The van der Waals surface area contributed by atoms with Crippen molar-refractivity contribution in [2.75, 3.05) is 12.3 Å². The van der Waals surface area contributed by atoms with Crippen molar-refractivity contribution >= 4 is 11.7 Å². The molecule has 0 atom stereocenters. The van der Waals surface area contributed by atoms with E-state index in [1.807, 2.05) is 24.8 Å². The number of amides is 1. The number of carbonyl (C=O) groups is 1. The highest BCUT2D eigenvalue weighted by Crippen LogP contribution is 2.14. The van der Waals surface area contributed by atoms with Gasteiger partial charge in [-0.25, -0.2) is 4.98 Å². The Labute approximate surface area is 116 Å². The average molecular weight is 263 g/mol. The van der Waals surface area contributed by atoms with Gasteiger partial charge in [-0.3, -0.25) is 4.79 Å². The lowest BCUT2D eigenvalue weighted by Crippen LogP contribution is -2.37. The Morgan fingerprint density at radius 2 is 2.00 bits per heavy atom. The number of hydrogen-bond donors (Lipinski definition) is 1. The third-order valence-electron chi connectivity index (χ3n) is 3.00.